The van der Waals surface area contributed by atoms with Gasteiger partial charge in [-0.3, -0.25) is 4.79 Å². The number of carbonyl (C=O) groups is 1. The number of ether oxygens (including phenoxy) is 2. The van der Waals surface area contributed by atoms with Crippen LogP contribution >= 0.6 is 0 Å². The number of rotatable bonds is 5. The van der Waals surface area contributed by atoms with Gasteiger partial charge in [-0.15, -0.1) is 0 Å². The molecule has 1 aliphatic rings. The van der Waals surface area contributed by atoms with E-state index >= 15 is 0 Å². The number of hydrogen-bond donors (Lipinski definition) is 1. The molecule has 0 saturated heterocycles. The second-order valence-electron chi connectivity index (χ2n) is 5.51. The van der Waals surface area contributed by atoms with Crippen LogP contribution in [-0.2, 0) is 17.8 Å². The number of halogens is 3. The smallest absolute Gasteiger partial charge is 0.422 e. The number of carbonyl (C=O) groups excluding carboxylic acids is 1. The molecule has 1 amide bonds. The minimum Gasteiger partial charge on any atom is -0.480 e. The summed E-state index contributed by atoms with van der Waals surface area (Å²) in [5, 5.41) is 2.65. The van der Waals surface area contributed by atoms with Crippen molar-refractivity contribution < 1.29 is 27.4 Å². The van der Waals surface area contributed by atoms with E-state index in [1.807, 2.05) is 18.2 Å². The van der Waals surface area contributed by atoms with Crippen molar-refractivity contribution in [1.29, 1.82) is 0 Å². The Balaban J connectivity index is 1.58. The molecule has 8 heteroatoms. The van der Waals surface area contributed by atoms with Crippen LogP contribution in [0.15, 0.2) is 42.6 Å². The van der Waals surface area contributed by atoms with Crippen molar-refractivity contribution in [1.82, 2.24) is 10.3 Å². The van der Waals surface area contributed by atoms with Gasteiger partial charge in [0.1, 0.15) is 5.75 Å². The molecule has 1 aliphatic heterocycles. The zero-order valence-electron chi connectivity index (χ0n) is 13.0. The average molecular weight is 352 g/mol. The molecule has 0 saturated carbocycles. The van der Waals surface area contributed by atoms with Crippen LogP contribution in [0.4, 0.5) is 13.2 Å². The van der Waals surface area contributed by atoms with Crippen LogP contribution in [-0.4, -0.2) is 29.8 Å². The minimum absolute atomic E-state index is 0.00390. The van der Waals surface area contributed by atoms with Gasteiger partial charge >= 0.3 is 6.18 Å². The first-order valence-corrected chi connectivity index (χ1v) is 7.58. The predicted octanol–water partition coefficient (Wildman–Crippen LogP) is 2.64. The molecule has 2 aromatic rings. The minimum atomic E-state index is -4.46. The molecule has 1 N–H and O–H groups in total. The molecule has 25 heavy (non-hydrogen) atoms. The van der Waals surface area contributed by atoms with E-state index < -0.39 is 18.9 Å². The Bertz CT molecular complexity index is 740. The van der Waals surface area contributed by atoms with E-state index in [2.05, 4.69) is 10.3 Å². The third-order valence-corrected chi connectivity index (χ3v) is 3.62. The molecule has 1 atom stereocenters. The first-order valence-electron chi connectivity index (χ1n) is 7.58. The van der Waals surface area contributed by atoms with E-state index in [1.54, 1.807) is 18.2 Å². The lowest BCUT2D eigenvalue weighted by atomic mass is 10.1. The topological polar surface area (TPSA) is 60.5 Å². The molecule has 0 unspecified atom stereocenters. The molecule has 132 valence electrons. The Kier molecular flexibility index (Phi) is 4.78. The van der Waals surface area contributed by atoms with Crippen LogP contribution in [0.3, 0.4) is 0 Å². The molecule has 1 aromatic heterocycles. The monoisotopic (exact) mass is 352 g/mol. The predicted molar refractivity (Wildman–Crippen MR) is 82.2 cm³/mol. The summed E-state index contributed by atoms with van der Waals surface area (Å²) in [5.41, 5.74) is 1.30. The fraction of sp³-hybridized carbons (Fsp3) is 0.294. The van der Waals surface area contributed by atoms with E-state index in [0.717, 1.165) is 5.56 Å². The third kappa shape index (κ3) is 4.40. The van der Waals surface area contributed by atoms with Crippen LogP contribution in [0.1, 0.15) is 11.1 Å². The van der Waals surface area contributed by atoms with Crippen LogP contribution in [0, 0.1) is 0 Å². The van der Waals surface area contributed by atoms with Crippen molar-refractivity contribution in [3.63, 3.8) is 0 Å². The molecule has 1 aromatic carbocycles. The molecule has 0 fully saturated rings. The summed E-state index contributed by atoms with van der Waals surface area (Å²) in [4.78, 5) is 16.0. The maximum atomic E-state index is 12.3. The molecule has 0 radical (unpaired) electrons. The van der Waals surface area contributed by atoms with Crippen LogP contribution in [0.5, 0.6) is 11.6 Å². The Hall–Kier alpha value is -2.77. The normalized spacial score (nSPS) is 16.0. The largest absolute Gasteiger partial charge is 0.480 e. The molecular weight excluding hydrogens is 337 g/mol. The van der Waals surface area contributed by atoms with Gasteiger partial charge in [0.15, 0.2) is 12.7 Å². The molecule has 3 rings (SSSR count). The number of benzene rings is 1. The zero-order chi connectivity index (χ0) is 17.9. The van der Waals surface area contributed by atoms with Gasteiger partial charge in [-0.25, -0.2) is 4.98 Å². The highest BCUT2D eigenvalue weighted by Crippen LogP contribution is 2.28. The van der Waals surface area contributed by atoms with Gasteiger partial charge in [-0.05, 0) is 17.7 Å². The standard InChI is InChI=1S/C17H15F3N2O3/c18-17(19,20)10-24-16-12(5-3-7-21-16)9-22-15(23)14-8-11-4-1-2-6-13(11)25-14/h1-7,14H,8-10H2,(H,22,23)/t14-/m0/s1. The quantitative estimate of drug-likeness (QED) is 0.899. The van der Waals surface area contributed by atoms with Crippen LogP contribution in [0.2, 0.25) is 0 Å². The number of pyridine rings is 1. The maximum absolute atomic E-state index is 12.3. The van der Waals surface area contributed by atoms with Gasteiger partial charge in [-0.1, -0.05) is 24.3 Å². The summed E-state index contributed by atoms with van der Waals surface area (Å²) in [6, 6.07) is 10.5. The number of hydrogen-bond acceptors (Lipinski definition) is 4. The fourth-order valence-corrected chi connectivity index (χ4v) is 2.46. The highest BCUT2D eigenvalue weighted by atomic mass is 19.4. The number of nitrogens with one attached hydrogen (secondary N) is 1. The molecule has 2 heterocycles. The lowest BCUT2D eigenvalue weighted by Gasteiger charge is -2.14. The number of amides is 1. The van der Waals surface area contributed by atoms with Crippen molar-refractivity contribution in [2.45, 2.75) is 25.2 Å². The average Bonchev–Trinajstić information content (AvgIpc) is 3.02. The van der Waals surface area contributed by atoms with Crippen LogP contribution < -0.4 is 14.8 Å². The summed E-state index contributed by atoms with van der Waals surface area (Å²) < 4.78 is 47.1. The molecule has 0 bridgehead atoms. The van der Waals surface area contributed by atoms with Gasteiger partial charge in [0.25, 0.3) is 5.91 Å². The Labute approximate surface area is 141 Å². The Morgan fingerprint density at radius 3 is 2.84 bits per heavy atom. The van der Waals surface area contributed by atoms with Gasteiger partial charge < -0.3 is 14.8 Å². The van der Waals surface area contributed by atoms with Crippen molar-refractivity contribution in [2.24, 2.45) is 0 Å². The van der Waals surface area contributed by atoms with Gasteiger partial charge in [-0.2, -0.15) is 13.2 Å². The first-order chi connectivity index (χ1) is 11.9. The lowest BCUT2D eigenvalue weighted by Crippen LogP contribution is -2.37. The number of fused-ring (bicyclic) bond motifs is 1. The fourth-order valence-electron chi connectivity index (χ4n) is 2.46. The van der Waals surface area contributed by atoms with Gasteiger partial charge in [0.05, 0.1) is 0 Å². The van der Waals surface area contributed by atoms with E-state index in [1.165, 1.54) is 6.20 Å². The highest BCUT2D eigenvalue weighted by molar-refractivity contribution is 5.82. The molecule has 0 spiro atoms. The third-order valence-electron chi connectivity index (χ3n) is 3.62. The summed E-state index contributed by atoms with van der Waals surface area (Å²) in [7, 11) is 0. The summed E-state index contributed by atoms with van der Waals surface area (Å²) in [6.45, 7) is -1.44. The molecule has 5 nitrogen and oxygen atoms in total. The lowest BCUT2D eigenvalue weighted by molar-refractivity contribution is -0.154. The van der Waals surface area contributed by atoms with Crippen molar-refractivity contribution in [2.75, 3.05) is 6.61 Å². The van der Waals surface area contributed by atoms with E-state index in [9.17, 15) is 18.0 Å². The van der Waals surface area contributed by atoms with Crippen molar-refractivity contribution >= 4 is 5.91 Å². The molecular formula is C17H15F3N2O3. The molecule has 0 aliphatic carbocycles. The van der Waals surface area contributed by atoms with Crippen LogP contribution in [0.25, 0.3) is 0 Å². The van der Waals surface area contributed by atoms with Crippen molar-refractivity contribution in [3.8, 4) is 11.6 Å². The van der Waals surface area contributed by atoms with E-state index in [4.69, 9.17) is 9.47 Å². The highest BCUT2D eigenvalue weighted by Gasteiger charge is 2.30. The van der Waals surface area contributed by atoms with Gasteiger partial charge in [0, 0.05) is 24.7 Å². The number of alkyl halides is 3. The maximum Gasteiger partial charge on any atom is 0.422 e. The number of aromatic nitrogens is 1. The van der Waals surface area contributed by atoms with Crippen molar-refractivity contribution in [3.05, 3.63) is 53.7 Å². The second-order valence-corrected chi connectivity index (χ2v) is 5.51. The number of nitrogens with zero attached hydrogens (tertiary/aromatic N) is 1. The SMILES string of the molecule is O=C(NCc1cccnc1OCC(F)(F)F)[C@@H]1Cc2ccccc2O1. The van der Waals surface area contributed by atoms with E-state index in [0.29, 0.717) is 17.7 Å². The Morgan fingerprint density at radius 2 is 2.08 bits per heavy atom. The second kappa shape index (κ2) is 7.00. The van der Waals surface area contributed by atoms with Gasteiger partial charge in [0.2, 0.25) is 5.88 Å². The van der Waals surface area contributed by atoms with E-state index in [-0.39, 0.29) is 18.3 Å². The Morgan fingerprint density at radius 1 is 1.28 bits per heavy atom. The summed E-state index contributed by atoms with van der Waals surface area (Å²) in [6.07, 6.45) is -3.34. The number of para-hydroxylation sites is 1. The summed E-state index contributed by atoms with van der Waals surface area (Å²) >= 11 is 0. The first kappa shape index (κ1) is 17.1. The zero-order valence-corrected chi connectivity index (χ0v) is 13.0. The summed E-state index contributed by atoms with van der Waals surface area (Å²) in [5.74, 6) is 0.163.